The van der Waals surface area contributed by atoms with E-state index in [1.165, 1.54) is 0 Å². The van der Waals surface area contributed by atoms with Crippen LogP contribution in [0.25, 0.3) is 5.78 Å². The summed E-state index contributed by atoms with van der Waals surface area (Å²) in [5, 5.41) is 3.18. The number of rotatable bonds is 4. The molecule has 0 radical (unpaired) electrons. The number of thioether (sulfide) groups is 1. The molecule has 3 aromatic heterocycles. The van der Waals surface area contributed by atoms with Crippen LogP contribution in [0, 0.1) is 0 Å². The summed E-state index contributed by atoms with van der Waals surface area (Å²) in [7, 11) is 0. The van der Waals surface area contributed by atoms with Gasteiger partial charge in [-0.2, -0.15) is 0 Å². The summed E-state index contributed by atoms with van der Waals surface area (Å²) in [6, 6.07) is 7.70. The Morgan fingerprint density at radius 2 is 2.10 bits per heavy atom. The summed E-state index contributed by atoms with van der Waals surface area (Å²) >= 11 is 6.86. The molecule has 106 valence electrons. The quantitative estimate of drug-likeness (QED) is 0.746. The zero-order valence-electron chi connectivity index (χ0n) is 11.1. The third-order valence-corrected chi connectivity index (χ3v) is 4.12. The molecular formula is C14H13N5S2. The number of hydrogen-bond acceptors (Lipinski definition) is 5. The lowest BCUT2D eigenvalue weighted by molar-refractivity contribution is 0.892. The molecule has 3 rings (SSSR count). The Bertz CT molecular complexity index is 708. The molecule has 3 aromatic rings. The smallest absolute Gasteiger partial charge is 0.233 e. The molecule has 0 unspecified atom stereocenters. The number of fused-ring (bicyclic) bond motifs is 1. The van der Waals surface area contributed by atoms with Crippen LogP contribution < -0.4 is 5.32 Å². The molecular weight excluding hydrogens is 302 g/mol. The SMILES string of the molecule is S=C(NCc1ccccn1)SCc1cn2cccnc2n1. The molecule has 7 heteroatoms. The summed E-state index contributed by atoms with van der Waals surface area (Å²) in [4.78, 5) is 12.9. The van der Waals surface area contributed by atoms with Crippen molar-refractivity contribution in [1.82, 2.24) is 24.7 Å². The van der Waals surface area contributed by atoms with Crippen LogP contribution in [0.2, 0.25) is 0 Å². The van der Waals surface area contributed by atoms with E-state index < -0.39 is 0 Å². The van der Waals surface area contributed by atoms with Crippen LogP contribution in [0.4, 0.5) is 0 Å². The van der Waals surface area contributed by atoms with Crippen LogP contribution in [0.1, 0.15) is 11.4 Å². The summed E-state index contributed by atoms with van der Waals surface area (Å²) in [6.45, 7) is 0.638. The highest BCUT2D eigenvalue weighted by atomic mass is 32.2. The van der Waals surface area contributed by atoms with Gasteiger partial charge in [0.1, 0.15) is 4.32 Å². The Morgan fingerprint density at radius 1 is 1.19 bits per heavy atom. The minimum absolute atomic E-state index is 0.638. The first kappa shape index (κ1) is 14.0. The maximum atomic E-state index is 5.31. The molecule has 1 N–H and O–H groups in total. The van der Waals surface area contributed by atoms with Gasteiger partial charge in [0.2, 0.25) is 5.78 Å². The molecule has 21 heavy (non-hydrogen) atoms. The van der Waals surface area contributed by atoms with Gasteiger partial charge in [-0.05, 0) is 18.2 Å². The highest BCUT2D eigenvalue weighted by Gasteiger charge is 2.04. The van der Waals surface area contributed by atoms with Crippen molar-refractivity contribution in [2.45, 2.75) is 12.3 Å². The van der Waals surface area contributed by atoms with Crippen molar-refractivity contribution >= 4 is 34.1 Å². The number of imidazole rings is 1. The van der Waals surface area contributed by atoms with E-state index in [0.29, 0.717) is 12.3 Å². The first-order chi connectivity index (χ1) is 10.3. The van der Waals surface area contributed by atoms with Crippen LogP contribution in [0.5, 0.6) is 0 Å². The van der Waals surface area contributed by atoms with Gasteiger partial charge < -0.3 is 5.32 Å². The van der Waals surface area contributed by atoms with E-state index in [9.17, 15) is 0 Å². The van der Waals surface area contributed by atoms with Crippen molar-refractivity contribution < 1.29 is 0 Å². The first-order valence-electron chi connectivity index (χ1n) is 6.40. The molecule has 0 aliphatic heterocycles. The van der Waals surface area contributed by atoms with Crippen molar-refractivity contribution in [3.05, 3.63) is 60.4 Å². The fourth-order valence-corrected chi connectivity index (χ4v) is 2.65. The van der Waals surface area contributed by atoms with Gasteiger partial charge in [-0.3, -0.25) is 9.38 Å². The van der Waals surface area contributed by atoms with E-state index >= 15 is 0 Å². The summed E-state index contributed by atoms with van der Waals surface area (Å²) in [5.41, 5.74) is 1.93. The van der Waals surface area contributed by atoms with E-state index in [0.717, 1.165) is 21.5 Å². The second kappa shape index (κ2) is 6.64. The number of aromatic nitrogens is 4. The Hall–Kier alpha value is -1.99. The average molecular weight is 315 g/mol. The van der Waals surface area contributed by atoms with E-state index in [2.05, 4.69) is 20.3 Å². The van der Waals surface area contributed by atoms with Crippen molar-refractivity contribution in [3.63, 3.8) is 0 Å². The molecule has 5 nitrogen and oxygen atoms in total. The lowest BCUT2D eigenvalue weighted by Crippen LogP contribution is -2.18. The van der Waals surface area contributed by atoms with Crippen molar-refractivity contribution in [2.75, 3.05) is 0 Å². The van der Waals surface area contributed by atoms with Gasteiger partial charge in [-0.1, -0.05) is 30.0 Å². The van der Waals surface area contributed by atoms with Crippen LogP contribution in [-0.4, -0.2) is 23.7 Å². The minimum Gasteiger partial charge on any atom is -0.365 e. The number of nitrogens with zero attached hydrogens (tertiary/aromatic N) is 4. The van der Waals surface area contributed by atoms with Gasteiger partial charge in [0.15, 0.2) is 0 Å². The third kappa shape index (κ3) is 3.77. The maximum absolute atomic E-state index is 5.31. The average Bonchev–Trinajstić information content (AvgIpc) is 2.95. The molecule has 0 saturated heterocycles. The van der Waals surface area contributed by atoms with Gasteiger partial charge in [-0.15, -0.1) is 0 Å². The monoisotopic (exact) mass is 315 g/mol. The number of nitrogens with one attached hydrogen (secondary N) is 1. The molecule has 0 bridgehead atoms. The highest BCUT2D eigenvalue weighted by Crippen LogP contribution is 2.13. The second-order valence-electron chi connectivity index (χ2n) is 4.31. The van der Waals surface area contributed by atoms with Crippen LogP contribution in [0.3, 0.4) is 0 Å². The Kier molecular flexibility index (Phi) is 4.42. The number of thiocarbonyl (C=S) groups is 1. The maximum Gasteiger partial charge on any atom is 0.233 e. The Labute approximate surface area is 131 Å². The fraction of sp³-hybridized carbons (Fsp3) is 0.143. The predicted molar refractivity (Wildman–Crippen MR) is 88.0 cm³/mol. The molecule has 0 aliphatic rings. The molecule has 0 saturated carbocycles. The highest BCUT2D eigenvalue weighted by molar-refractivity contribution is 8.22. The summed E-state index contributed by atoms with van der Waals surface area (Å²) in [5.74, 6) is 1.43. The number of hydrogen-bond donors (Lipinski definition) is 1. The van der Waals surface area contributed by atoms with Gasteiger partial charge >= 0.3 is 0 Å². The Balaban J connectivity index is 1.51. The van der Waals surface area contributed by atoms with Crippen LogP contribution >= 0.6 is 24.0 Å². The standard InChI is InChI=1S/C14H13N5S2/c20-14(17-8-11-4-1-2-5-15-11)21-10-12-9-19-7-3-6-16-13(19)18-12/h1-7,9H,8,10H2,(H,17,20). The summed E-state index contributed by atoms with van der Waals surface area (Å²) in [6.07, 6.45) is 7.41. The van der Waals surface area contributed by atoms with Crippen LogP contribution in [0.15, 0.2) is 49.1 Å². The van der Waals surface area contributed by atoms with E-state index in [4.69, 9.17) is 12.2 Å². The molecule has 0 spiro atoms. The summed E-state index contributed by atoms with van der Waals surface area (Å²) < 4.78 is 2.64. The molecule has 0 aliphatic carbocycles. The van der Waals surface area contributed by atoms with Crippen molar-refractivity contribution in [3.8, 4) is 0 Å². The lowest BCUT2D eigenvalue weighted by atomic mass is 10.3. The molecule has 0 amide bonds. The number of pyridine rings is 1. The van der Waals surface area contributed by atoms with E-state index in [1.807, 2.05) is 41.1 Å². The van der Waals surface area contributed by atoms with Gasteiger partial charge in [0, 0.05) is 30.5 Å². The van der Waals surface area contributed by atoms with Gasteiger partial charge in [0.05, 0.1) is 17.9 Å². The molecule has 0 aromatic carbocycles. The van der Waals surface area contributed by atoms with Gasteiger partial charge in [0.25, 0.3) is 0 Å². The van der Waals surface area contributed by atoms with Crippen molar-refractivity contribution in [2.24, 2.45) is 0 Å². The van der Waals surface area contributed by atoms with E-state index in [-0.39, 0.29) is 0 Å². The lowest BCUT2D eigenvalue weighted by Gasteiger charge is -2.05. The molecule has 0 atom stereocenters. The zero-order chi connectivity index (χ0) is 14.5. The van der Waals surface area contributed by atoms with Crippen LogP contribution in [-0.2, 0) is 12.3 Å². The molecule has 0 fully saturated rings. The van der Waals surface area contributed by atoms with Crippen molar-refractivity contribution in [1.29, 1.82) is 0 Å². The third-order valence-electron chi connectivity index (χ3n) is 2.78. The molecule has 3 heterocycles. The first-order valence-corrected chi connectivity index (χ1v) is 7.80. The Morgan fingerprint density at radius 3 is 2.90 bits per heavy atom. The second-order valence-corrected chi connectivity index (χ2v) is 5.96. The minimum atomic E-state index is 0.638. The zero-order valence-corrected chi connectivity index (χ0v) is 12.8. The topological polar surface area (TPSA) is 55.1 Å². The normalized spacial score (nSPS) is 10.7. The van der Waals surface area contributed by atoms with Gasteiger partial charge in [-0.25, -0.2) is 9.97 Å². The fourth-order valence-electron chi connectivity index (χ4n) is 1.80. The largest absolute Gasteiger partial charge is 0.365 e. The van der Waals surface area contributed by atoms with E-state index in [1.54, 1.807) is 24.2 Å². The predicted octanol–water partition coefficient (Wildman–Crippen LogP) is 2.43.